The number of morpholine rings is 1. The molecule has 1 fully saturated rings. The van der Waals surface area contributed by atoms with Crippen LogP contribution in [0, 0.1) is 0 Å². The third kappa shape index (κ3) is 2.32. The minimum absolute atomic E-state index is 0.101. The number of benzene rings is 1. The van der Waals surface area contributed by atoms with Crippen LogP contribution in [0.15, 0.2) is 23.1 Å². The van der Waals surface area contributed by atoms with E-state index in [-0.39, 0.29) is 23.3 Å². The number of hydrogen-bond donors (Lipinski definition) is 1. The number of fused-ring (bicyclic) bond motifs is 1. The first kappa shape index (κ1) is 13.5. The van der Waals surface area contributed by atoms with E-state index in [1.54, 1.807) is 18.2 Å². The highest BCUT2D eigenvalue weighted by Gasteiger charge is 2.30. The number of nitrogens with zero attached hydrogens (tertiary/aromatic N) is 1. The van der Waals surface area contributed by atoms with Crippen molar-refractivity contribution in [2.24, 2.45) is 0 Å². The molecule has 1 saturated heterocycles. The Morgan fingerprint density at radius 1 is 1.40 bits per heavy atom. The minimum Gasteiger partial charge on any atom is -0.376 e. The van der Waals surface area contributed by atoms with E-state index in [0.717, 1.165) is 5.56 Å². The highest BCUT2D eigenvalue weighted by molar-refractivity contribution is 7.89. The van der Waals surface area contributed by atoms with E-state index in [1.807, 2.05) is 6.92 Å². The van der Waals surface area contributed by atoms with Crippen molar-refractivity contribution in [2.75, 3.05) is 25.0 Å². The van der Waals surface area contributed by atoms with Gasteiger partial charge in [0.25, 0.3) is 0 Å². The number of hydrogen-bond acceptors (Lipinski definition) is 4. The summed E-state index contributed by atoms with van der Waals surface area (Å²) in [4.78, 5) is 11.6. The lowest BCUT2D eigenvalue weighted by atomic mass is 10.2. The molecule has 1 atom stereocenters. The standard InChI is InChI=1S/C13H16N2O4S/c1-9-8-15(4-5-19-9)20(17,18)11-2-3-12-10(6-11)7-13(16)14-12/h2-3,6,9H,4-5,7-8H2,1H3,(H,14,16)/t9-/m1/s1. The normalized spacial score (nSPS) is 23.4. The Bertz CT molecular complexity index is 656. The summed E-state index contributed by atoms with van der Waals surface area (Å²) in [5.41, 5.74) is 1.43. The van der Waals surface area contributed by atoms with Gasteiger partial charge in [-0.1, -0.05) is 0 Å². The minimum atomic E-state index is -3.52. The van der Waals surface area contributed by atoms with Crippen LogP contribution < -0.4 is 5.32 Å². The topological polar surface area (TPSA) is 75.7 Å². The zero-order chi connectivity index (χ0) is 14.3. The maximum atomic E-state index is 12.6. The van der Waals surface area contributed by atoms with Gasteiger partial charge in [-0.15, -0.1) is 0 Å². The summed E-state index contributed by atoms with van der Waals surface area (Å²) in [6.45, 7) is 2.98. The van der Waals surface area contributed by atoms with E-state index in [2.05, 4.69) is 5.32 Å². The van der Waals surface area contributed by atoms with E-state index in [1.165, 1.54) is 4.31 Å². The average molecular weight is 296 g/mol. The van der Waals surface area contributed by atoms with Crippen LogP contribution in [0.1, 0.15) is 12.5 Å². The van der Waals surface area contributed by atoms with Crippen LogP contribution in [0.5, 0.6) is 0 Å². The van der Waals surface area contributed by atoms with Crippen LogP contribution in [-0.2, 0) is 26.0 Å². The van der Waals surface area contributed by atoms with Crippen LogP contribution in [0.2, 0.25) is 0 Å². The number of sulfonamides is 1. The molecule has 1 amide bonds. The van der Waals surface area contributed by atoms with Crippen molar-refractivity contribution in [3.8, 4) is 0 Å². The number of ether oxygens (including phenoxy) is 1. The highest BCUT2D eigenvalue weighted by Crippen LogP contribution is 2.27. The third-order valence-electron chi connectivity index (χ3n) is 3.54. The van der Waals surface area contributed by atoms with Gasteiger partial charge in [0.2, 0.25) is 15.9 Å². The van der Waals surface area contributed by atoms with Gasteiger partial charge in [0.15, 0.2) is 0 Å². The smallest absolute Gasteiger partial charge is 0.243 e. The number of carbonyl (C=O) groups is 1. The Kier molecular flexibility index (Phi) is 3.27. The molecule has 0 aliphatic carbocycles. The number of anilines is 1. The summed E-state index contributed by atoms with van der Waals surface area (Å²) in [6.07, 6.45) is 0.134. The predicted octanol–water partition coefficient (Wildman–Crippen LogP) is 0.591. The lowest BCUT2D eigenvalue weighted by molar-refractivity contribution is -0.115. The van der Waals surface area contributed by atoms with Crippen LogP contribution >= 0.6 is 0 Å². The zero-order valence-corrected chi connectivity index (χ0v) is 11.9. The molecule has 0 aromatic heterocycles. The Balaban J connectivity index is 1.92. The molecule has 1 aromatic rings. The van der Waals surface area contributed by atoms with Crippen molar-refractivity contribution < 1.29 is 17.9 Å². The number of carbonyl (C=O) groups excluding carboxylic acids is 1. The summed E-state index contributed by atoms with van der Waals surface area (Å²) in [5.74, 6) is -0.102. The summed E-state index contributed by atoms with van der Waals surface area (Å²) < 4.78 is 32.0. The predicted molar refractivity (Wildman–Crippen MR) is 72.9 cm³/mol. The van der Waals surface area contributed by atoms with Crippen LogP contribution in [-0.4, -0.2) is 44.4 Å². The molecule has 0 bridgehead atoms. The number of rotatable bonds is 2. The molecule has 7 heteroatoms. The highest BCUT2D eigenvalue weighted by atomic mass is 32.2. The summed E-state index contributed by atoms with van der Waals surface area (Å²) in [5, 5.41) is 2.70. The van der Waals surface area contributed by atoms with E-state index in [0.29, 0.717) is 25.4 Å². The number of nitrogens with one attached hydrogen (secondary N) is 1. The molecule has 3 rings (SSSR count). The molecule has 0 unspecified atom stereocenters. The SMILES string of the molecule is C[C@@H]1CN(S(=O)(=O)c2ccc3c(c2)CC(=O)N3)CCO1. The van der Waals surface area contributed by atoms with Gasteiger partial charge in [-0.3, -0.25) is 4.79 Å². The molecule has 2 aliphatic heterocycles. The molecular weight excluding hydrogens is 280 g/mol. The van der Waals surface area contributed by atoms with Crippen molar-refractivity contribution in [3.05, 3.63) is 23.8 Å². The van der Waals surface area contributed by atoms with Crippen molar-refractivity contribution >= 4 is 21.6 Å². The Labute approximate surface area is 117 Å². The first-order valence-corrected chi connectivity index (χ1v) is 7.95. The first-order chi connectivity index (χ1) is 9.46. The van der Waals surface area contributed by atoms with Crippen LogP contribution in [0.25, 0.3) is 0 Å². The molecule has 1 N–H and O–H groups in total. The Hall–Kier alpha value is -1.44. The van der Waals surface area contributed by atoms with Crippen molar-refractivity contribution in [1.82, 2.24) is 4.31 Å². The molecule has 6 nitrogen and oxygen atoms in total. The molecule has 2 aliphatic rings. The van der Waals surface area contributed by atoms with Gasteiger partial charge in [-0.2, -0.15) is 4.31 Å². The van der Waals surface area contributed by atoms with Gasteiger partial charge in [0, 0.05) is 18.8 Å². The monoisotopic (exact) mass is 296 g/mol. The largest absolute Gasteiger partial charge is 0.376 e. The van der Waals surface area contributed by atoms with Crippen molar-refractivity contribution in [1.29, 1.82) is 0 Å². The molecule has 0 radical (unpaired) electrons. The van der Waals surface area contributed by atoms with Gasteiger partial charge in [0.1, 0.15) is 0 Å². The maximum absolute atomic E-state index is 12.6. The van der Waals surface area contributed by atoms with Gasteiger partial charge in [-0.25, -0.2) is 8.42 Å². The summed E-state index contributed by atoms with van der Waals surface area (Å²) in [6, 6.07) is 4.78. The lowest BCUT2D eigenvalue weighted by Crippen LogP contribution is -2.44. The van der Waals surface area contributed by atoms with Crippen LogP contribution in [0.4, 0.5) is 5.69 Å². The Morgan fingerprint density at radius 3 is 2.95 bits per heavy atom. The second-order valence-corrected chi connectivity index (χ2v) is 7.03. The Morgan fingerprint density at radius 2 is 2.20 bits per heavy atom. The van der Waals surface area contributed by atoms with E-state index in [4.69, 9.17) is 4.74 Å². The average Bonchev–Trinajstić information content (AvgIpc) is 2.77. The van der Waals surface area contributed by atoms with Gasteiger partial charge in [0.05, 0.1) is 24.0 Å². The molecule has 108 valence electrons. The fourth-order valence-electron chi connectivity index (χ4n) is 2.52. The molecule has 0 saturated carbocycles. The molecule has 1 aromatic carbocycles. The van der Waals surface area contributed by atoms with E-state index < -0.39 is 10.0 Å². The number of amides is 1. The second kappa shape index (κ2) is 4.83. The van der Waals surface area contributed by atoms with Gasteiger partial charge >= 0.3 is 0 Å². The van der Waals surface area contributed by atoms with Gasteiger partial charge < -0.3 is 10.1 Å². The lowest BCUT2D eigenvalue weighted by Gasteiger charge is -2.30. The van der Waals surface area contributed by atoms with Crippen molar-refractivity contribution in [2.45, 2.75) is 24.3 Å². The molecule has 2 heterocycles. The maximum Gasteiger partial charge on any atom is 0.243 e. The fourth-order valence-corrected chi connectivity index (χ4v) is 4.07. The summed E-state index contributed by atoms with van der Waals surface area (Å²) >= 11 is 0. The molecular formula is C13H16N2O4S. The van der Waals surface area contributed by atoms with E-state index in [9.17, 15) is 13.2 Å². The third-order valence-corrected chi connectivity index (χ3v) is 5.40. The first-order valence-electron chi connectivity index (χ1n) is 6.51. The quantitative estimate of drug-likeness (QED) is 0.866. The van der Waals surface area contributed by atoms with E-state index >= 15 is 0 Å². The molecule has 0 spiro atoms. The van der Waals surface area contributed by atoms with Gasteiger partial charge in [-0.05, 0) is 30.7 Å². The zero-order valence-electron chi connectivity index (χ0n) is 11.1. The van der Waals surface area contributed by atoms with Crippen molar-refractivity contribution in [3.63, 3.8) is 0 Å². The summed E-state index contributed by atoms with van der Waals surface area (Å²) in [7, 11) is -3.52. The molecule has 20 heavy (non-hydrogen) atoms. The van der Waals surface area contributed by atoms with Crippen LogP contribution in [0.3, 0.4) is 0 Å². The second-order valence-electron chi connectivity index (χ2n) is 5.09. The fraction of sp³-hybridized carbons (Fsp3) is 0.462.